The third-order valence-electron chi connectivity index (χ3n) is 7.17. The molecule has 3 fully saturated rings. The number of rotatable bonds is 5. The highest BCUT2D eigenvalue weighted by molar-refractivity contribution is 4.99. The Labute approximate surface area is 164 Å². The lowest BCUT2D eigenvalue weighted by Crippen LogP contribution is -2.52. The molecule has 6 nitrogen and oxygen atoms in total. The SMILES string of the molecule is CC(C)[C@H](c1nnnn1C1CCCCC1)N1CCN(C2CCCCC2)CC1. The zero-order chi connectivity index (χ0) is 18.6. The summed E-state index contributed by atoms with van der Waals surface area (Å²) in [7, 11) is 0. The van der Waals surface area contributed by atoms with Gasteiger partial charge in [0, 0.05) is 32.2 Å². The predicted molar refractivity (Wildman–Crippen MR) is 108 cm³/mol. The maximum absolute atomic E-state index is 4.54. The van der Waals surface area contributed by atoms with Gasteiger partial charge in [0.05, 0.1) is 12.1 Å². The van der Waals surface area contributed by atoms with Crippen molar-refractivity contribution in [2.24, 2.45) is 5.92 Å². The van der Waals surface area contributed by atoms with Crippen molar-refractivity contribution >= 4 is 0 Å². The van der Waals surface area contributed by atoms with Crippen molar-refractivity contribution in [1.29, 1.82) is 0 Å². The Morgan fingerprint density at radius 1 is 0.778 bits per heavy atom. The fourth-order valence-corrected chi connectivity index (χ4v) is 5.69. The van der Waals surface area contributed by atoms with E-state index in [0.717, 1.165) is 25.0 Å². The Hall–Kier alpha value is -1.01. The van der Waals surface area contributed by atoms with Gasteiger partial charge >= 0.3 is 0 Å². The second kappa shape index (κ2) is 8.99. The molecule has 0 bridgehead atoms. The van der Waals surface area contributed by atoms with E-state index in [9.17, 15) is 0 Å². The van der Waals surface area contributed by atoms with Crippen LogP contribution in [0.1, 0.15) is 96.0 Å². The molecule has 0 aromatic carbocycles. The van der Waals surface area contributed by atoms with E-state index in [-0.39, 0.29) is 0 Å². The van der Waals surface area contributed by atoms with Gasteiger partial charge in [0.25, 0.3) is 0 Å². The van der Waals surface area contributed by atoms with Crippen LogP contribution in [0.15, 0.2) is 0 Å². The summed E-state index contributed by atoms with van der Waals surface area (Å²) >= 11 is 0. The molecule has 0 spiro atoms. The summed E-state index contributed by atoms with van der Waals surface area (Å²) in [6.07, 6.45) is 13.6. The van der Waals surface area contributed by atoms with Gasteiger partial charge in [-0.05, 0) is 42.0 Å². The van der Waals surface area contributed by atoms with Crippen LogP contribution >= 0.6 is 0 Å². The largest absolute Gasteiger partial charge is 0.298 e. The van der Waals surface area contributed by atoms with Gasteiger partial charge in [-0.3, -0.25) is 9.80 Å². The summed E-state index contributed by atoms with van der Waals surface area (Å²) in [5, 5.41) is 13.1. The van der Waals surface area contributed by atoms with Crippen LogP contribution in [0.3, 0.4) is 0 Å². The van der Waals surface area contributed by atoms with Crippen molar-refractivity contribution in [2.75, 3.05) is 26.2 Å². The van der Waals surface area contributed by atoms with E-state index in [2.05, 4.69) is 43.9 Å². The summed E-state index contributed by atoms with van der Waals surface area (Å²) in [5.41, 5.74) is 0. The summed E-state index contributed by atoms with van der Waals surface area (Å²) in [5.74, 6) is 1.64. The Morgan fingerprint density at radius 3 is 1.96 bits per heavy atom. The van der Waals surface area contributed by atoms with E-state index in [1.807, 2.05) is 0 Å². The summed E-state index contributed by atoms with van der Waals surface area (Å²) < 4.78 is 2.19. The summed E-state index contributed by atoms with van der Waals surface area (Å²) in [6, 6.07) is 1.69. The second-order valence-corrected chi connectivity index (χ2v) is 9.33. The molecule has 1 aromatic heterocycles. The molecule has 2 heterocycles. The minimum Gasteiger partial charge on any atom is -0.298 e. The second-order valence-electron chi connectivity index (χ2n) is 9.33. The molecule has 1 aromatic rings. The van der Waals surface area contributed by atoms with E-state index in [1.165, 1.54) is 77.3 Å². The Bertz CT molecular complexity index is 565. The van der Waals surface area contributed by atoms with Crippen LogP contribution in [0.2, 0.25) is 0 Å². The molecule has 6 heteroatoms. The quantitative estimate of drug-likeness (QED) is 0.784. The number of tetrazole rings is 1. The molecular formula is C21H38N6. The molecular weight excluding hydrogens is 336 g/mol. The number of piperazine rings is 1. The van der Waals surface area contributed by atoms with Crippen molar-refractivity contribution in [3.63, 3.8) is 0 Å². The van der Waals surface area contributed by atoms with E-state index in [0.29, 0.717) is 18.0 Å². The minimum absolute atomic E-state index is 0.343. The zero-order valence-electron chi connectivity index (χ0n) is 17.4. The molecule has 3 aliphatic rings. The van der Waals surface area contributed by atoms with Gasteiger partial charge in [-0.25, -0.2) is 4.68 Å². The van der Waals surface area contributed by atoms with Gasteiger partial charge in [0.1, 0.15) is 0 Å². The van der Waals surface area contributed by atoms with Crippen LogP contribution in [0.4, 0.5) is 0 Å². The average Bonchev–Trinajstić information content (AvgIpc) is 3.19. The van der Waals surface area contributed by atoms with E-state index < -0.39 is 0 Å². The van der Waals surface area contributed by atoms with Gasteiger partial charge in [0.2, 0.25) is 0 Å². The molecule has 0 unspecified atom stereocenters. The van der Waals surface area contributed by atoms with Crippen molar-refractivity contribution in [3.05, 3.63) is 5.82 Å². The highest BCUT2D eigenvalue weighted by Gasteiger charge is 2.34. The average molecular weight is 375 g/mol. The van der Waals surface area contributed by atoms with Crippen LogP contribution < -0.4 is 0 Å². The predicted octanol–water partition coefficient (Wildman–Crippen LogP) is 3.83. The monoisotopic (exact) mass is 374 g/mol. The lowest BCUT2D eigenvalue weighted by atomic mass is 9.93. The number of hydrogen-bond donors (Lipinski definition) is 0. The first-order valence-corrected chi connectivity index (χ1v) is 11.5. The Kier molecular flexibility index (Phi) is 6.43. The molecule has 0 radical (unpaired) electrons. The van der Waals surface area contributed by atoms with Crippen LogP contribution in [-0.4, -0.2) is 62.2 Å². The molecule has 0 N–H and O–H groups in total. The summed E-state index contributed by atoms with van der Waals surface area (Å²) in [6.45, 7) is 9.38. The molecule has 2 saturated carbocycles. The smallest absolute Gasteiger partial charge is 0.168 e. The van der Waals surface area contributed by atoms with Crippen molar-refractivity contribution in [2.45, 2.75) is 96.2 Å². The molecule has 1 saturated heterocycles. The normalized spacial score (nSPS) is 25.9. The minimum atomic E-state index is 0.343. The van der Waals surface area contributed by atoms with Crippen LogP contribution in [0.25, 0.3) is 0 Å². The molecule has 4 rings (SSSR count). The van der Waals surface area contributed by atoms with E-state index in [4.69, 9.17) is 0 Å². The van der Waals surface area contributed by atoms with Gasteiger partial charge < -0.3 is 0 Å². The fourth-order valence-electron chi connectivity index (χ4n) is 5.69. The first-order valence-electron chi connectivity index (χ1n) is 11.5. The van der Waals surface area contributed by atoms with Gasteiger partial charge in [-0.2, -0.15) is 0 Å². The maximum atomic E-state index is 4.54. The third kappa shape index (κ3) is 4.37. The number of aromatic nitrogens is 4. The lowest BCUT2D eigenvalue weighted by molar-refractivity contribution is 0.0384. The molecule has 0 amide bonds. The van der Waals surface area contributed by atoms with E-state index in [1.54, 1.807) is 0 Å². The highest BCUT2D eigenvalue weighted by Crippen LogP contribution is 2.34. The van der Waals surface area contributed by atoms with Crippen molar-refractivity contribution < 1.29 is 0 Å². The van der Waals surface area contributed by atoms with Crippen LogP contribution in [0, 0.1) is 5.92 Å². The standard InChI is InChI=1S/C21H38N6/c1-17(2)20(21-22-23-24-27(21)19-11-7-4-8-12-19)26-15-13-25(14-16-26)18-9-5-3-6-10-18/h17-20H,3-16H2,1-2H3/t20-/m1/s1. The topological polar surface area (TPSA) is 50.1 Å². The van der Waals surface area contributed by atoms with Gasteiger partial charge in [-0.15, -0.1) is 5.10 Å². The molecule has 2 aliphatic carbocycles. The first kappa shape index (κ1) is 19.3. The Balaban J connectivity index is 1.44. The molecule has 152 valence electrons. The van der Waals surface area contributed by atoms with Crippen LogP contribution in [0.5, 0.6) is 0 Å². The van der Waals surface area contributed by atoms with Gasteiger partial charge in [-0.1, -0.05) is 52.4 Å². The third-order valence-corrected chi connectivity index (χ3v) is 7.17. The zero-order valence-corrected chi connectivity index (χ0v) is 17.4. The molecule has 1 atom stereocenters. The number of hydrogen-bond acceptors (Lipinski definition) is 5. The first-order chi connectivity index (χ1) is 13.2. The maximum Gasteiger partial charge on any atom is 0.168 e. The highest BCUT2D eigenvalue weighted by atomic mass is 15.6. The fraction of sp³-hybridized carbons (Fsp3) is 0.952. The van der Waals surface area contributed by atoms with Crippen molar-refractivity contribution in [3.8, 4) is 0 Å². The van der Waals surface area contributed by atoms with Gasteiger partial charge in [0.15, 0.2) is 5.82 Å². The van der Waals surface area contributed by atoms with Crippen molar-refractivity contribution in [1.82, 2.24) is 30.0 Å². The Morgan fingerprint density at radius 2 is 1.37 bits per heavy atom. The van der Waals surface area contributed by atoms with E-state index >= 15 is 0 Å². The molecule has 1 aliphatic heterocycles. The number of nitrogens with zero attached hydrogens (tertiary/aromatic N) is 6. The summed E-state index contributed by atoms with van der Waals surface area (Å²) in [4.78, 5) is 5.42. The lowest BCUT2D eigenvalue weighted by Gasteiger charge is -2.44. The molecule has 27 heavy (non-hydrogen) atoms. The van der Waals surface area contributed by atoms with Crippen LogP contribution in [-0.2, 0) is 0 Å².